The summed E-state index contributed by atoms with van der Waals surface area (Å²) < 4.78 is 24.6. The van der Waals surface area contributed by atoms with Crippen molar-refractivity contribution in [3.05, 3.63) is 35.4 Å². The van der Waals surface area contributed by atoms with E-state index in [0.717, 1.165) is 11.2 Å². The van der Waals surface area contributed by atoms with E-state index in [1.54, 1.807) is 12.1 Å². The Kier molecular flexibility index (Phi) is 3.58. The molecule has 0 aromatic heterocycles. The second-order valence-corrected chi connectivity index (χ2v) is 5.92. The van der Waals surface area contributed by atoms with Crippen LogP contribution in [0.3, 0.4) is 0 Å². The van der Waals surface area contributed by atoms with Crippen LogP contribution in [0.15, 0.2) is 24.3 Å². The van der Waals surface area contributed by atoms with E-state index in [4.69, 9.17) is 0 Å². The summed E-state index contributed by atoms with van der Waals surface area (Å²) in [4.78, 5) is 36.1. The van der Waals surface area contributed by atoms with Crippen LogP contribution in [0.4, 0.5) is 0 Å². The minimum atomic E-state index is -3.76. The van der Waals surface area contributed by atoms with Gasteiger partial charge in [-0.2, -0.15) is 0 Å². The molecule has 7 nitrogen and oxygen atoms in total. The lowest BCUT2D eigenvalue weighted by molar-refractivity contribution is -0.119. The van der Waals surface area contributed by atoms with E-state index in [1.807, 2.05) is 0 Å². The molecular weight excluding hydrogens is 284 g/mol. The molecule has 0 N–H and O–H groups in total. The Bertz CT molecular complexity index is 661. The van der Waals surface area contributed by atoms with Crippen molar-refractivity contribution in [1.29, 1.82) is 0 Å². The Balaban J connectivity index is 2.05. The van der Waals surface area contributed by atoms with E-state index in [2.05, 4.69) is 4.72 Å². The zero-order valence-electron chi connectivity index (χ0n) is 10.6. The van der Waals surface area contributed by atoms with Crippen LogP contribution in [0, 0.1) is 0 Å². The van der Waals surface area contributed by atoms with Crippen LogP contribution in [0.25, 0.3) is 0 Å². The Morgan fingerprint density at radius 3 is 2.10 bits per heavy atom. The molecular formula is C12H11N2O5S. The zero-order chi connectivity index (χ0) is 14.9. The van der Waals surface area contributed by atoms with E-state index >= 15 is 0 Å². The number of carbonyl (C=O) groups is 3. The van der Waals surface area contributed by atoms with Gasteiger partial charge in [0.05, 0.1) is 17.4 Å². The molecule has 0 unspecified atom stereocenters. The van der Waals surface area contributed by atoms with Gasteiger partial charge in [0.1, 0.15) is 0 Å². The minimum absolute atomic E-state index is 0.190. The van der Waals surface area contributed by atoms with E-state index in [1.165, 1.54) is 12.1 Å². The van der Waals surface area contributed by atoms with Gasteiger partial charge in [-0.25, -0.2) is 8.42 Å². The summed E-state index contributed by atoms with van der Waals surface area (Å²) >= 11 is 0. The third kappa shape index (κ3) is 2.85. The summed E-state index contributed by atoms with van der Waals surface area (Å²) in [6.45, 7) is -0.190. The van der Waals surface area contributed by atoms with Gasteiger partial charge in [0.2, 0.25) is 0 Å². The molecule has 8 heteroatoms. The first-order valence-electron chi connectivity index (χ1n) is 5.70. The number of nitrogens with zero attached hydrogens (tertiary/aromatic N) is 2. The fourth-order valence-electron chi connectivity index (χ4n) is 1.88. The Morgan fingerprint density at radius 1 is 1.15 bits per heavy atom. The molecule has 0 atom stereocenters. The van der Waals surface area contributed by atoms with Crippen molar-refractivity contribution in [2.45, 2.75) is 6.42 Å². The molecule has 0 saturated carbocycles. The van der Waals surface area contributed by atoms with Crippen LogP contribution in [0.1, 0.15) is 27.1 Å². The Labute approximate surface area is 115 Å². The fraction of sp³-hybridized carbons (Fsp3) is 0.250. The second kappa shape index (κ2) is 5.04. The van der Waals surface area contributed by atoms with Crippen LogP contribution in [-0.2, 0) is 14.8 Å². The molecule has 1 aromatic rings. The molecule has 1 aliphatic rings. The van der Waals surface area contributed by atoms with Gasteiger partial charge in [-0.1, -0.05) is 12.1 Å². The average Bonchev–Trinajstić information content (AvgIpc) is 2.59. The van der Waals surface area contributed by atoms with Crippen molar-refractivity contribution in [2.24, 2.45) is 0 Å². The number of carbonyl (C=O) groups excluding carboxylic acids is 3. The molecule has 0 spiro atoms. The number of amides is 3. The van der Waals surface area contributed by atoms with Gasteiger partial charge in [0.25, 0.3) is 27.7 Å². The number of benzene rings is 1. The number of fused-ring (bicyclic) bond motifs is 1. The molecule has 1 heterocycles. The first-order valence-corrected chi connectivity index (χ1v) is 7.55. The third-order valence-corrected chi connectivity index (χ3v) is 3.23. The molecule has 1 radical (unpaired) electrons. The molecule has 1 aliphatic heterocycles. The number of imide groups is 1. The highest BCUT2D eigenvalue weighted by molar-refractivity contribution is 7.89. The lowest BCUT2D eigenvalue weighted by Gasteiger charge is -2.12. The van der Waals surface area contributed by atoms with Crippen molar-refractivity contribution < 1.29 is 22.8 Å². The molecule has 1 aromatic carbocycles. The average molecular weight is 295 g/mol. The first kappa shape index (κ1) is 14.2. The summed E-state index contributed by atoms with van der Waals surface area (Å²) in [6.07, 6.45) is 0.478. The van der Waals surface area contributed by atoms with Crippen molar-refractivity contribution in [2.75, 3.05) is 12.8 Å². The molecule has 3 amide bonds. The lowest BCUT2D eigenvalue weighted by Crippen LogP contribution is -2.33. The SMILES string of the molecule is CS(=O)(=O)[N]C(=O)CCN1C(=O)c2ccccc2C1=O. The Hall–Kier alpha value is -2.22. The van der Waals surface area contributed by atoms with E-state index in [-0.39, 0.29) is 24.1 Å². The van der Waals surface area contributed by atoms with Gasteiger partial charge in [0, 0.05) is 13.0 Å². The lowest BCUT2D eigenvalue weighted by atomic mass is 10.1. The maximum Gasteiger partial charge on any atom is 0.261 e. The number of hydrogen-bond acceptors (Lipinski definition) is 5. The molecule has 0 fully saturated rings. The normalized spacial score (nSPS) is 14.3. The topological polar surface area (TPSA) is 103 Å². The predicted molar refractivity (Wildman–Crippen MR) is 68.4 cm³/mol. The van der Waals surface area contributed by atoms with E-state index < -0.39 is 27.7 Å². The fourth-order valence-corrected chi connectivity index (χ4v) is 2.34. The van der Waals surface area contributed by atoms with Crippen LogP contribution < -0.4 is 4.72 Å². The van der Waals surface area contributed by atoms with Crippen LogP contribution in [0.2, 0.25) is 0 Å². The summed E-state index contributed by atoms with van der Waals surface area (Å²) in [5.41, 5.74) is 0.565. The highest BCUT2D eigenvalue weighted by Crippen LogP contribution is 2.22. The number of hydrogen-bond donors (Lipinski definition) is 0. The van der Waals surface area contributed by atoms with Gasteiger partial charge >= 0.3 is 0 Å². The summed E-state index contributed by atoms with van der Waals surface area (Å²) in [6, 6.07) is 6.33. The number of rotatable bonds is 4. The molecule has 0 saturated heterocycles. The smallest absolute Gasteiger partial charge is 0.261 e. The van der Waals surface area contributed by atoms with Crippen molar-refractivity contribution in [3.8, 4) is 0 Å². The predicted octanol–water partition coefficient (Wildman–Crippen LogP) is -0.237. The number of sulfonamides is 1. The van der Waals surface area contributed by atoms with Gasteiger partial charge in [-0.3, -0.25) is 19.3 Å². The summed E-state index contributed by atoms with van der Waals surface area (Å²) in [5, 5.41) is 0. The van der Waals surface area contributed by atoms with Gasteiger partial charge in [0.15, 0.2) is 0 Å². The quantitative estimate of drug-likeness (QED) is 0.713. The highest BCUT2D eigenvalue weighted by atomic mass is 32.2. The second-order valence-electron chi connectivity index (χ2n) is 4.28. The zero-order valence-corrected chi connectivity index (χ0v) is 11.4. The monoisotopic (exact) mass is 295 g/mol. The summed E-state index contributed by atoms with van der Waals surface area (Å²) in [5.74, 6) is -1.86. The molecule has 20 heavy (non-hydrogen) atoms. The summed E-state index contributed by atoms with van der Waals surface area (Å²) in [7, 11) is -3.76. The maximum atomic E-state index is 11.9. The minimum Gasteiger partial charge on any atom is -0.274 e. The molecule has 105 valence electrons. The maximum absolute atomic E-state index is 11.9. The van der Waals surface area contributed by atoms with Gasteiger partial charge in [-0.15, -0.1) is 4.72 Å². The standard InChI is InChI=1S/C12H11N2O5S/c1-20(18,19)13-10(15)6-7-14-11(16)8-4-2-3-5-9(8)12(14)17/h2-5H,6-7H2,1H3. The van der Waals surface area contributed by atoms with Crippen LogP contribution in [0.5, 0.6) is 0 Å². The van der Waals surface area contributed by atoms with Crippen LogP contribution >= 0.6 is 0 Å². The third-order valence-electron chi connectivity index (χ3n) is 2.70. The van der Waals surface area contributed by atoms with Gasteiger partial charge < -0.3 is 0 Å². The Morgan fingerprint density at radius 2 is 1.65 bits per heavy atom. The molecule has 0 aliphatic carbocycles. The first-order chi connectivity index (χ1) is 9.29. The van der Waals surface area contributed by atoms with Crippen molar-refractivity contribution in [1.82, 2.24) is 9.62 Å². The van der Waals surface area contributed by atoms with Crippen molar-refractivity contribution >= 4 is 27.7 Å². The molecule has 0 bridgehead atoms. The van der Waals surface area contributed by atoms with E-state index in [0.29, 0.717) is 0 Å². The van der Waals surface area contributed by atoms with Crippen molar-refractivity contribution in [3.63, 3.8) is 0 Å². The van der Waals surface area contributed by atoms with Crippen LogP contribution in [-0.4, -0.2) is 43.8 Å². The largest absolute Gasteiger partial charge is 0.274 e. The van der Waals surface area contributed by atoms with Gasteiger partial charge in [-0.05, 0) is 12.1 Å². The molecule has 2 rings (SSSR count). The highest BCUT2D eigenvalue weighted by Gasteiger charge is 2.35. The van der Waals surface area contributed by atoms with E-state index in [9.17, 15) is 22.8 Å².